The minimum atomic E-state index is -0.0144. The summed E-state index contributed by atoms with van der Waals surface area (Å²) in [7, 11) is 1.63. The van der Waals surface area contributed by atoms with Gasteiger partial charge in [0, 0.05) is 16.2 Å². The number of carbonyl (C=O) groups is 1. The van der Waals surface area contributed by atoms with E-state index in [0.717, 1.165) is 27.0 Å². The molecule has 1 N–H and O–H groups in total. The predicted octanol–water partition coefficient (Wildman–Crippen LogP) is 5.64. The molecule has 3 rings (SSSR count). The highest BCUT2D eigenvalue weighted by atomic mass is 32.2. The smallest absolute Gasteiger partial charge is 0.224 e. The molecule has 0 aliphatic rings. The van der Waals surface area contributed by atoms with Gasteiger partial charge in [-0.05, 0) is 55.0 Å². The van der Waals surface area contributed by atoms with Crippen molar-refractivity contribution >= 4 is 23.4 Å². The Bertz CT molecular complexity index is 882. The number of benzene rings is 3. The van der Waals surface area contributed by atoms with E-state index in [1.54, 1.807) is 18.9 Å². The summed E-state index contributed by atoms with van der Waals surface area (Å²) in [4.78, 5) is 14.5. The summed E-state index contributed by atoms with van der Waals surface area (Å²) in [6.45, 7) is 0.486. The van der Waals surface area contributed by atoms with Crippen LogP contribution in [-0.2, 0) is 4.79 Å². The monoisotopic (exact) mass is 393 g/mol. The van der Waals surface area contributed by atoms with Crippen LogP contribution in [0.15, 0.2) is 88.7 Å². The van der Waals surface area contributed by atoms with E-state index in [2.05, 4.69) is 17.4 Å². The molecule has 5 heteroatoms. The molecule has 0 saturated heterocycles. The maximum atomic E-state index is 12.3. The second-order valence-electron chi connectivity index (χ2n) is 6.09. The van der Waals surface area contributed by atoms with E-state index in [0.29, 0.717) is 19.4 Å². The Morgan fingerprint density at radius 1 is 0.893 bits per heavy atom. The zero-order valence-corrected chi connectivity index (χ0v) is 16.6. The molecule has 0 spiro atoms. The highest BCUT2D eigenvalue weighted by Gasteiger charge is 2.08. The molecule has 0 aromatic heterocycles. The van der Waals surface area contributed by atoms with Crippen molar-refractivity contribution in [2.75, 3.05) is 19.0 Å². The first-order valence-corrected chi connectivity index (χ1v) is 9.95. The zero-order chi connectivity index (χ0) is 19.6. The Hall–Kier alpha value is -2.92. The molecule has 0 saturated carbocycles. The van der Waals surface area contributed by atoms with Gasteiger partial charge in [-0.15, -0.1) is 0 Å². The van der Waals surface area contributed by atoms with Crippen LogP contribution in [0.25, 0.3) is 0 Å². The molecule has 144 valence electrons. The fourth-order valence-electron chi connectivity index (χ4n) is 2.58. The number of rotatable bonds is 9. The van der Waals surface area contributed by atoms with Crippen LogP contribution in [0.5, 0.6) is 11.5 Å². The van der Waals surface area contributed by atoms with Crippen LogP contribution in [0.1, 0.15) is 12.8 Å². The molecule has 1 amide bonds. The van der Waals surface area contributed by atoms with Gasteiger partial charge in [-0.25, -0.2) is 0 Å². The second kappa shape index (κ2) is 10.4. The molecule has 0 heterocycles. The lowest BCUT2D eigenvalue weighted by atomic mass is 10.2. The molecule has 0 unspecified atom stereocenters. The number of hydrogen-bond donors (Lipinski definition) is 1. The number of para-hydroxylation sites is 1. The maximum Gasteiger partial charge on any atom is 0.224 e. The van der Waals surface area contributed by atoms with E-state index in [9.17, 15) is 4.79 Å². The number of carbonyl (C=O) groups excluding carboxylic acids is 1. The fourth-order valence-corrected chi connectivity index (χ4v) is 3.50. The molecule has 0 radical (unpaired) electrons. The third-order valence-corrected chi connectivity index (χ3v) is 5.09. The standard InChI is InChI=1S/C23H23NO3S/c1-26-18-13-15-19(16-14-18)27-17-7-12-23(25)24-21-10-5-6-11-22(21)28-20-8-3-2-4-9-20/h2-6,8-11,13-16H,7,12,17H2,1H3,(H,24,25). The van der Waals surface area contributed by atoms with Crippen LogP contribution in [0.3, 0.4) is 0 Å². The van der Waals surface area contributed by atoms with Gasteiger partial charge in [0.15, 0.2) is 0 Å². The van der Waals surface area contributed by atoms with Gasteiger partial charge >= 0.3 is 0 Å². The molecular formula is C23H23NO3S. The minimum Gasteiger partial charge on any atom is -0.497 e. The highest BCUT2D eigenvalue weighted by Crippen LogP contribution is 2.33. The first-order valence-electron chi connectivity index (χ1n) is 9.13. The summed E-state index contributed by atoms with van der Waals surface area (Å²) in [6.07, 6.45) is 1.05. The van der Waals surface area contributed by atoms with Gasteiger partial charge in [0.2, 0.25) is 5.91 Å². The van der Waals surface area contributed by atoms with Gasteiger partial charge in [0.05, 0.1) is 19.4 Å². The number of hydrogen-bond acceptors (Lipinski definition) is 4. The molecule has 0 atom stereocenters. The number of methoxy groups -OCH3 is 1. The molecule has 3 aromatic carbocycles. The Morgan fingerprint density at radius 2 is 1.57 bits per heavy atom. The minimum absolute atomic E-state index is 0.0144. The van der Waals surface area contributed by atoms with Gasteiger partial charge in [0.25, 0.3) is 0 Å². The van der Waals surface area contributed by atoms with Crippen molar-refractivity contribution in [3.63, 3.8) is 0 Å². The summed E-state index contributed by atoms with van der Waals surface area (Å²) in [5.41, 5.74) is 0.831. The van der Waals surface area contributed by atoms with Crippen molar-refractivity contribution in [1.82, 2.24) is 0 Å². The van der Waals surface area contributed by atoms with Gasteiger partial charge < -0.3 is 14.8 Å². The summed E-state index contributed by atoms with van der Waals surface area (Å²) in [6, 6.07) is 25.4. The van der Waals surface area contributed by atoms with E-state index < -0.39 is 0 Å². The van der Waals surface area contributed by atoms with E-state index in [-0.39, 0.29) is 5.91 Å². The van der Waals surface area contributed by atoms with Crippen LogP contribution >= 0.6 is 11.8 Å². The van der Waals surface area contributed by atoms with Gasteiger partial charge in [-0.2, -0.15) is 0 Å². The van der Waals surface area contributed by atoms with E-state index in [1.807, 2.05) is 66.7 Å². The molecule has 4 nitrogen and oxygen atoms in total. The van der Waals surface area contributed by atoms with E-state index >= 15 is 0 Å². The van der Waals surface area contributed by atoms with Gasteiger partial charge in [-0.1, -0.05) is 42.1 Å². The lowest BCUT2D eigenvalue weighted by molar-refractivity contribution is -0.116. The zero-order valence-electron chi connectivity index (χ0n) is 15.8. The van der Waals surface area contributed by atoms with Crippen LogP contribution in [0, 0.1) is 0 Å². The van der Waals surface area contributed by atoms with Crippen molar-refractivity contribution < 1.29 is 14.3 Å². The van der Waals surface area contributed by atoms with Crippen molar-refractivity contribution in [3.05, 3.63) is 78.9 Å². The van der Waals surface area contributed by atoms with Crippen LogP contribution in [-0.4, -0.2) is 19.6 Å². The Morgan fingerprint density at radius 3 is 2.32 bits per heavy atom. The van der Waals surface area contributed by atoms with Crippen LogP contribution in [0.2, 0.25) is 0 Å². The van der Waals surface area contributed by atoms with Crippen molar-refractivity contribution in [2.24, 2.45) is 0 Å². The number of amides is 1. The number of anilines is 1. The molecule has 0 aliphatic heterocycles. The molecule has 0 bridgehead atoms. The lowest BCUT2D eigenvalue weighted by Crippen LogP contribution is -2.13. The summed E-state index contributed by atoms with van der Waals surface area (Å²) < 4.78 is 10.8. The van der Waals surface area contributed by atoms with Gasteiger partial charge in [0.1, 0.15) is 11.5 Å². The Labute approximate surface area is 169 Å². The summed E-state index contributed by atoms with van der Waals surface area (Å²) in [5, 5.41) is 3.01. The first-order chi connectivity index (χ1) is 13.7. The normalized spacial score (nSPS) is 10.3. The SMILES string of the molecule is COc1ccc(OCCCC(=O)Nc2ccccc2Sc2ccccc2)cc1. The highest BCUT2D eigenvalue weighted by molar-refractivity contribution is 7.99. The van der Waals surface area contributed by atoms with E-state index in [4.69, 9.17) is 9.47 Å². The lowest BCUT2D eigenvalue weighted by Gasteiger charge is -2.11. The quantitative estimate of drug-likeness (QED) is 0.478. The van der Waals surface area contributed by atoms with Gasteiger partial charge in [-0.3, -0.25) is 4.79 Å². The van der Waals surface area contributed by atoms with Crippen LogP contribution < -0.4 is 14.8 Å². The van der Waals surface area contributed by atoms with Crippen molar-refractivity contribution in [1.29, 1.82) is 0 Å². The maximum absolute atomic E-state index is 12.3. The Balaban J connectivity index is 1.47. The average molecular weight is 394 g/mol. The first kappa shape index (κ1) is 19.8. The number of ether oxygens (including phenoxy) is 2. The van der Waals surface area contributed by atoms with Crippen LogP contribution in [0.4, 0.5) is 5.69 Å². The predicted molar refractivity (Wildman–Crippen MR) is 113 cm³/mol. The summed E-state index contributed by atoms with van der Waals surface area (Å²) in [5.74, 6) is 1.55. The van der Waals surface area contributed by atoms with Crippen molar-refractivity contribution in [2.45, 2.75) is 22.6 Å². The largest absolute Gasteiger partial charge is 0.497 e. The number of nitrogens with one attached hydrogen (secondary N) is 1. The third-order valence-electron chi connectivity index (χ3n) is 4.01. The molecule has 3 aromatic rings. The summed E-state index contributed by atoms with van der Waals surface area (Å²) >= 11 is 1.64. The second-order valence-corrected chi connectivity index (χ2v) is 7.20. The average Bonchev–Trinajstić information content (AvgIpc) is 2.74. The molecule has 28 heavy (non-hydrogen) atoms. The molecular weight excluding hydrogens is 370 g/mol. The molecule has 0 fully saturated rings. The Kier molecular flexibility index (Phi) is 7.38. The topological polar surface area (TPSA) is 47.6 Å². The van der Waals surface area contributed by atoms with E-state index in [1.165, 1.54) is 0 Å². The van der Waals surface area contributed by atoms with Crippen molar-refractivity contribution in [3.8, 4) is 11.5 Å². The fraction of sp³-hybridized carbons (Fsp3) is 0.174. The third kappa shape index (κ3) is 6.06. The molecule has 0 aliphatic carbocycles.